The Labute approximate surface area is 87.7 Å². The lowest BCUT2D eigenvalue weighted by atomic mass is 9.69. The topological polar surface area (TPSA) is 20.2 Å². The second-order valence-corrected chi connectivity index (χ2v) is 4.69. The van der Waals surface area contributed by atoms with Crippen molar-refractivity contribution in [3.8, 4) is 0 Å². The summed E-state index contributed by atoms with van der Waals surface area (Å²) in [7, 11) is 0. The molecule has 1 saturated carbocycles. The fraction of sp³-hybridized carbons (Fsp3) is 0.500. The smallest absolute Gasteiger partial charge is 0.126 e. The molecule has 1 aliphatic carbocycles. The molecule has 0 unspecified atom stereocenters. The van der Waals surface area contributed by atoms with E-state index in [9.17, 15) is 13.9 Å². The summed E-state index contributed by atoms with van der Waals surface area (Å²) in [4.78, 5) is 0. The monoisotopic (exact) mass is 212 g/mol. The summed E-state index contributed by atoms with van der Waals surface area (Å²) < 4.78 is 25.8. The van der Waals surface area contributed by atoms with Gasteiger partial charge in [-0.1, -0.05) is 6.92 Å². The maximum absolute atomic E-state index is 12.9. The number of hydrogen-bond acceptors (Lipinski definition) is 1. The highest BCUT2D eigenvalue weighted by molar-refractivity contribution is 5.20. The van der Waals surface area contributed by atoms with Gasteiger partial charge in [-0.05, 0) is 36.5 Å². The van der Waals surface area contributed by atoms with Gasteiger partial charge in [-0.3, -0.25) is 0 Å². The van der Waals surface area contributed by atoms with E-state index in [0.29, 0.717) is 30.7 Å². The molecular weight excluding hydrogens is 198 g/mol. The average Bonchev–Trinajstić information content (AvgIpc) is 1.97. The second-order valence-electron chi connectivity index (χ2n) is 4.69. The molecule has 0 amide bonds. The van der Waals surface area contributed by atoms with E-state index in [4.69, 9.17) is 0 Å². The first-order chi connectivity index (χ1) is 6.97. The van der Waals surface area contributed by atoms with Crippen molar-refractivity contribution in [2.75, 3.05) is 0 Å². The largest absolute Gasteiger partial charge is 0.390 e. The van der Waals surface area contributed by atoms with Gasteiger partial charge in [0.2, 0.25) is 0 Å². The second kappa shape index (κ2) is 3.56. The van der Waals surface area contributed by atoms with E-state index in [-0.39, 0.29) is 0 Å². The Morgan fingerprint density at radius 1 is 1.27 bits per heavy atom. The van der Waals surface area contributed by atoms with Gasteiger partial charge in [0, 0.05) is 12.5 Å². The fourth-order valence-electron chi connectivity index (χ4n) is 2.47. The van der Waals surface area contributed by atoms with Crippen molar-refractivity contribution in [2.24, 2.45) is 5.92 Å². The van der Waals surface area contributed by atoms with Gasteiger partial charge in [-0.25, -0.2) is 8.78 Å². The molecule has 0 spiro atoms. The van der Waals surface area contributed by atoms with Crippen LogP contribution in [0, 0.1) is 17.6 Å². The SMILES string of the molecule is CC1CC(O)(Cc2cc(F)cc(F)c2)C1. The van der Waals surface area contributed by atoms with Crippen LogP contribution in [-0.2, 0) is 6.42 Å². The zero-order valence-corrected chi connectivity index (χ0v) is 8.63. The standard InChI is InChI=1S/C12H14F2O/c1-8-5-12(15,6-8)7-9-2-10(13)4-11(14)3-9/h2-4,8,15H,5-7H2,1H3. The van der Waals surface area contributed by atoms with Crippen LogP contribution in [0.4, 0.5) is 8.78 Å². The molecule has 1 nitrogen and oxygen atoms in total. The molecule has 0 atom stereocenters. The van der Waals surface area contributed by atoms with Gasteiger partial charge in [-0.2, -0.15) is 0 Å². The molecule has 0 aliphatic heterocycles. The van der Waals surface area contributed by atoms with Gasteiger partial charge in [0.05, 0.1) is 5.60 Å². The van der Waals surface area contributed by atoms with Crippen LogP contribution in [0.5, 0.6) is 0 Å². The molecule has 82 valence electrons. The normalized spacial score (nSPS) is 30.0. The zero-order valence-electron chi connectivity index (χ0n) is 8.63. The average molecular weight is 212 g/mol. The molecule has 1 aromatic carbocycles. The van der Waals surface area contributed by atoms with Gasteiger partial charge in [0.1, 0.15) is 11.6 Å². The van der Waals surface area contributed by atoms with E-state index in [1.807, 2.05) is 0 Å². The van der Waals surface area contributed by atoms with Crippen molar-refractivity contribution in [3.05, 3.63) is 35.4 Å². The molecule has 1 fully saturated rings. The van der Waals surface area contributed by atoms with Crippen molar-refractivity contribution >= 4 is 0 Å². The van der Waals surface area contributed by atoms with Gasteiger partial charge in [0.25, 0.3) is 0 Å². The van der Waals surface area contributed by atoms with E-state index in [0.717, 1.165) is 6.07 Å². The molecule has 0 aromatic heterocycles. The summed E-state index contributed by atoms with van der Waals surface area (Å²) in [6.45, 7) is 2.06. The summed E-state index contributed by atoms with van der Waals surface area (Å²) in [5, 5.41) is 9.97. The molecule has 0 radical (unpaired) electrons. The molecule has 0 bridgehead atoms. The fourth-order valence-corrected chi connectivity index (χ4v) is 2.47. The minimum atomic E-state index is -0.750. The predicted molar refractivity (Wildman–Crippen MR) is 53.4 cm³/mol. The van der Waals surface area contributed by atoms with Crippen molar-refractivity contribution in [1.29, 1.82) is 0 Å². The third-order valence-corrected chi connectivity index (χ3v) is 2.91. The molecular formula is C12H14F2O. The van der Waals surface area contributed by atoms with E-state index in [1.165, 1.54) is 12.1 Å². The summed E-state index contributed by atoms with van der Waals surface area (Å²) in [6, 6.07) is 3.41. The quantitative estimate of drug-likeness (QED) is 0.799. The summed E-state index contributed by atoms with van der Waals surface area (Å²) >= 11 is 0. The first-order valence-corrected chi connectivity index (χ1v) is 5.14. The summed E-state index contributed by atoms with van der Waals surface area (Å²) in [5.74, 6) is -0.657. The molecule has 2 rings (SSSR count). The number of aliphatic hydroxyl groups is 1. The third kappa shape index (κ3) is 2.34. The Balaban J connectivity index is 2.11. The number of benzene rings is 1. The minimum Gasteiger partial charge on any atom is -0.390 e. The van der Waals surface area contributed by atoms with Crippen molar-refractivity contribution in [1.82, 2.24) is 0 Å². The Kier molecular flexibility index (Phi) is 2.51. The van der Waals surface area contributed by atoms with Gasteiger partial charge >= 0.3 is 0 Å². The summed E-state index contributed by atoms with van der Waals surface area (Å²) in [6.07, 6.45) is 1.77. The number of rotatable bonds is 2. The van der Waals surface area contributed by atoms with Gasteiger partial charge in [-0.15, -0.1) is 0 Å². The van der Waals surface area contributed by atoms with Crippen molar-refractivity contribution in [2.45, 2.75) is 31.8 Å². The lowest BCUT2D eigenvalue weighted by Crippen LogP contribution is -2.44. The molecule has 3 heteroatoms. The Bertz CT molecular complexity index is 350. The number of hydrogen-bond donors (Lipinski definition) is 1. The lowest BCUT2D eigenvalue weighted by Gasteiger charge is -2.42. The van der Waals surface area contributed by atoms with Crippen LogP contribution in [0.3, 0.4) is 0 Å². The molecule has 15 heavy (non-hydrogen) atoms. The Hall–Kier alpha value is -0.960. The molecule has 0 heterocycles. The van der Waals surface area contributed by atoms with Crippen LogP contribution in [-0.4, -0.2) is 10.7 Å². The Morgan fingerprint density at radius 3 is 2.27 bits per heavy atom. The summed E-state index contributed by atoms with van der Waals surface area (Å²) in [5.41, 5.74) is -0.221. The van der Waals surface area contributed by atoms with Crippen LogP contribution in [0.1, 0.15) is 25.3 Å². The van der Waals surface area contributed by atoms with E-state index >= 15 is 0 Å². The lowest BCUT2D eigenvalue weighted by molar-refractivity contribution is -0.0666. The molecule has 0 saturated heterocycles. The molecule has 1 N–H and O–H groups in total. The Morgan fingerprint density at radius 2 is 1.80 bits per heavy atom. The van der Waals surface area contributed by atoms with Crippen LogP contribution in [0.25, 0.3) is 0 Å². The minimum absolute atomic E-state index is 0.339. The van der Waals surface area contributed by atoms with E-state index < -0.39 is 17.2 Å². The highest BCUT2D eigenvalue weighted by atomic mass is 19.1. The van der Waals surface area contributed by atoms with Crippen LogP contribution in [0.2, 0.25) is 0 Å². The van der Waals surface area contributed by atoms with Crippen LogP contribution < -0.4 is 0 Å². The number of halogens is 2. The van der Waals surface area contributed by atoms with Gasteiger partial charge < -0.3 is 5.11 Å². The van der Waals surface area contributed by atoms with Gasteiger partial charge in [0.15, 0.2) is 0 Å². The highest BCUT2D eigenvalue weighted by Gasteiger charge is 2.39. The van der Waals surface area contributed by atoms with E-state index in [2.05, 4.69) is 6.92 Å². The molecule has 1 aromatic rings. The first kappa shape index (κ1) is 10.6. The van der Waals surface area contributed by atoms with E-state index in [1.54, 1.807) is 0 Å². The maximum Gasteiger partial charge on any atom is 0.126 e. The highest BCUT2D eigenvalue weighted by Crippen LogP contribution is 2.39. The maximum atomic E-state index is 12.9. The zero-order chi connectivity index (χ0) is 11.1. The third-order valence-electron chi connectivity index (χ3n) is 2.91. The predicted octanol–water partition coefficient (Wildman–Crippen LogP) is 2.67. The van der Waals surface area contributed by atoms with Crippen LogP contribution >= 0.6 is 0 Å². The van der Waals surface area contributed by atoms with Crippen molar-refractivity contribution in [3.63, 3.8) is 0 Å². The van der Waals surface area contributed by atoms with Crippen LogP contribution in [0.15, 0.2) is 18.2 Å². The first-order valence-electron chi connectivity index (χ1n) is 5.14. The van der Waals surface area contributed by atoms with Crippen molar-refractivity contribution < 1.29 is 13.9 Å². The molecule has 1 aliphatic rings.